The Morgan fingerprint density at radius 1 is 1.05 bits per heavy atom. The number of halogens is 7. The van der Waals surface area contributed by atoms with Gasteiger partial charge in [-0.2, -0.15) is 26.3 Å². The Labute approximate surface area is 102 Å². The van der Waals surface area contributed by atoms with Crippen molar-refractivity contribution in [2.75, 3.05) is 0 Å². The molecule has 0 aliphatic rings. The van der Waals surface area contributed by atoms with Crippen molar-refractivity contribution < 1.29 is 35.8 Å². The molecule has 0 unspecified atom stereocenters. The average Bonchev–Trinajstić information content (AvgIpc) is 2.23. The van der Waals surface area contributed by atoms with Gasteiger partial charge in [0.15, 0.2) is 6.10 Å². The lowest BCUT2D eigenvalue weighted by Gasteiger charge is -2.22. The van der Waals surface area contributed by atoms with Crippen LogP contribution in [0.25, 0.3) is 0 Å². The van der Waals surface area contributed by atoms with Crippen LogP contribution in [0.1, 0.15) is 17.2 Å². The van der Waals surface area contributed by atoms with Crippen LogP contribution in [0.4, 0.5) is 30.7 Å². The van der Waals surface area contributed by atoms with Crippen LogP contribution >= 0.6 is 0 Å². The molecular formula is C10H8F7NO. The van der Waals surface area contributed by atoms with Gasteiger partial charge in [-0.1, -0.05) is 6.07 Å². The van der Waals surface area contributed by atoms with E-state index in [9.17, 15) is 30.7 Å². The third kappa shape index (κ3) is 3.57. The molecule has 0 fully saturated rings. The van der Waals surface area contributed by atoms with Crippen LogP contribution < -0.4 is 5.73 Å². The van der Waals surface area contributed by atoms with Crippen LogP contribution in [-0.4, -0.2) is 17.4 Å². The number of aliphatic hydroxyl groups is 1. The molecule has 9 heteroatoms. The standard InChI is InChI=1S/C10H8F7NO/c11-6-3-4(1-2-5(6)9(12,13)14)7(18)8(19)10(15,16)17/h1-3,7-8,19H,18H2/t7-,8-/m1/s1. The van der Waals surface area contributed by atoms with Gasteiger partial charge < -0.3 is 10.8 Å². The van der Waals surface area contributed by atoms with E-state index >= 15 is 0 Å². The highest BCUT2D eigenvalue weighted by Crippen LogP contribution is 2.34. The van der Waals surface area contributed by atoms with E-state index in [4.69, 9.17) is 10.8 Å². The third-order valence-electron chi connectivity index (χ3n) is 2.36. The van der Waals surface area contributed by atoms with E-state index < -0.39 is 41.4 Å². The summed E-state index contributed by atoms with van der Waals surface area (Å²) in [5.74, 6) is -1.75. The highest BCUT2D eigenvalue weighted by atomic mass is 19.4. The first-order chi connectivity index (χ1) is 8.44. The molecule has 3 N–H and O–H groups in total. The van der Waals surface area contributed by atoms with Crippen LogP contribution in [0.2, 0.25) is 0 Å². The summed E-state index contributed by atoms with van der Waals surface area (Å²) in [6.07, 6.45) is -13.0. The van der Waals surface area contributed by atoms with E-state index in [1.165, 1.54) is 0 Å². The molecule has 1 aromatic carbocycles. The Morgan fingerprint density at radius 3 is 1.95 bits per heavy atom. The molecular weight excluding hydrogens is 283 g/mol. The van der Waals surface area contributed by atoms with Gasteiger partial charge in [0, 0.05) is 0 Å². The minimum atomic E-state index is -5.06. The molecule has 0 aliphatic heterocycles. The SMILES string of the molecule is N[C@H](c1ccc(C(F)(F)F)c(F)c1)[C@@H](O)C(F)(F)F. The maximum Gasteiger partial charge on any atom is 0.419 e. The van der Waals surface area contributed by atoms with Crippen molar-refractivity contribution in [3.05, 3.63) is 35.1 Å². The lowest BCUT2D eigenvalue weighted by Crippen LogP contribution is -2.38. The fourth-order valence-corrected chi connectivity index (χ4v) is 1.35. The minimum Gasteiger partial charge on any atom is -0.382 e. The number of nitrogens with two attached hydrogens (primary N) is 1. The smallest absolute Gasteiger partial charge is 0.382 e. The lowest BCUT2D eigenvalue weighted by atomic mass is 10.00. The maximum absolute atomic E-state index is 13.1. The first kappa shape index (κ1) is 15.7. The van der Waals surface area contributed by atoms with Crippen molar-refractivity contribution in [3.63, 3.8) is 0 Å². The molecule has 0 aromatic heterocycles. The predicted octanol–water partition coefficient (Wildman–Crippen LogP) is 2.77. The molecule has 0 spiro atoms. The van der Waals surface area contributed by atoms with E-state index in [2.05, 4.69) is 0 Å². The quantitative estimate of drug-likeness (QED) is 0.823. The average molecular weight is 291 g/mol. The van der Waals surface area contributed by atoms with Crippen LogP contribution in [0.15, 0.2) is 18.2 Å². The first-order valence-electron chi connectivity index (χ1n) is 4.81. The number of hydrogen-bond donors (Lipinski definition) is 2. The number of alkyl halides is 6. The number of benzene rings is 1. The molecule has 0 amide bonds. The van der Waals surface area contributed by atoms with Gasteiger partial charge in [0.1, 0.15) is 5.82 Å². The van der Waals surface area contributed by atoms with Gasteiger partial charge in [0.05, 0.1) is 11.6 Å². The van der Waals surface area contributed by atoms with Gasteiger partial charge in [-0.3, -0.25) is 0 Å². The van der Waals surface area contributed by atoms with Crippen molar-refractivity contribution in [1.82, 2.24) is 0 Å². The zero-order valence-electron chi connectivity index (χ0n) is 9.06. The maximum atomic E-state index is 13.1. The molecule has 0 radical (unpaired) electrons. The third-order valence-corrected chi connectivity index (χ3v) is 2.36. The van der Waals surface area contributed by atoms with Crippen molar-refractivity contribution >= 4 is 0 Å². The Balaban J connectivity index is 3.08. The molecule has 0 heterocycles. The molecule has 0 bridgehead atoms. The summed E-state index contributed by atoms with van der Waals surface area (Å²) < 4.78 is 86.3. The first-order valence-corrected chi connectivity index (χ1v) is 4.81. The second kappa shape index (κ2) is 4.97. The van der Waals surface area contributed by atoms with Gasteiger partial charge in [-0.25, -0.2) is 4.39 Å². The van der Waals surface area contributed by atoms with Crippen molar-refractivity contribution in [3.8, 4) is 0 Å². The second-order valence-electron chi connectivity index (χ2n) is 3.75. The molecule has 2 nitrogen and oxygen atoms in total. The van der Waals surface area contributed by atoms with Crippen molar-refractivity contribution in [2.45, 2.75) is 24.5 Å². The monoisotopic (exact) mass is 291 g/mol. The highest BCUT2D eigenvalue weighted by molar-refractivity contribution is 5.29. The molecule has 2 atom stereocenters. The summed E-state index contributed by atoms with van der Waals surface area (Å²) in [7, 11) is 0. The van der Waals surface area contributed by atoms with Crippen LogP contribution in [-0.2, 0) is 6.18 Å². The summed E-state index contributed by atoms with van der Waals surface area (Å²) in [5, 5.41) is 8.83. The van der Waals surface area contributed by atoms with Gasteiger partial charge in [-0.15, -0.1) is 0 Å². The van der Waals surface area contributed by atoms with Gasteiger partial charge in [0.25, 0.3) is 0 Å². The molecule has 0 aliphatic carbocycles. The summed E-state index contributed by atoms with van der Waals surface area (Å²) >= 11 is 0. The molecule has 1 rings (SSSR count). The summed E-state index contributed by atoms with van der Waals surface area (Å²) in [6, 6.07) is -0.988. The van der Waals surface area contributed by atoms with Crippen LogP contribution in [0.3, 0.4) is 0 Å². The van der Waals surface area contributed by atoms with E-state index in [1.807, 2.05) is 0 Å². The van der Waals surface area contributed by atoms with E-state index in [1.54, 1.807) is 0 Å². The number of hydrogen-bond acceptors (Lipinski definition) is 2. The van der Waals surface area contributed by atoms with Gasteiger partial charge in [0.2, 0.25) is 0 Å². The summed E-state index contributed by atoms with van der Waals surface area (Å²) in [4.78, 5) is 0. The lowest BCUT2D eigenvalue weighted by molar-refractivity contribution is -0.210. The van der Waals surface area contributed by atoms with E-state index in [0.29, 0.717) is 6.07 Å². The van der Waals surface area contributed by atoms with E-state index in [0.717, 1.165) is 0 Å². The van der Waals surface area contributed by atoms with Gasteiger partial charge in [-0.05, 0) is 17.7 Å². The van der Waals surface area contributed by atoms with E-state index in [-0.39, 0.29) is 12.1 Å². The fraction of sp³-hybridized carbons (Fsp3) is 0.400. The van der Waals surface area contributed by atoms with Crippen molar-refractivity contribution in [1.29, 1.82) is 0 Å². The molecule has 1 aromatic rings. The Kier molecular flexibility index (Phi) is 4.11. The number of rotatable bonds is 2. The van der Waals surface area contributed by atoms with Crippen LogP contribution in [0, 0.1) is 5.82 Å². The minimum absolute atomic E-state index is 0.225. The second-order valence-corrected chi connectivity index (χ2v) is 3.75. The topological polar surface area (TPSA) is 46.2 Å². The molecule has 0 saturated heterocycles. The normalized spacial score (nSPS) is 16.3. The zero-order chi connectivity index (χ0) is 15.0. The highest BCUT2D eigenvalue weighted by Gasteiger charge is 2.43. The molecule has 0 saturated carbocycles. The summed E-state index contributed by atoms with van der Waals surface area (Å²) in [6.45, 7) is 0. The largest absolute Gasteiger partial charge is 0.419 e. The van der Waals surface area contributed by atoms with Gasteiger partial charge >= 0.3 is 12.4 Å². The predicted molar refractivity (Wildman–Crippen MR) is 50.4 cm³/mol. The zero-order valence-corrected chi connectivity index (χ0v) is 9.06. The Bertz CT molecular complexity index is 454. The Morgan fingerprint density at radius 2 is 1.58 bits per heavy atom. The Hall–Kier alpha value is -1.35. The summed E-state index contributed by atoms with van der Waals surface area (Å²) in [5.41, 5.74) is 2.83. The molecule has 108 valence electrons. The van der Waals surface area contributed by atoms with Crippen LogP contribution in [0.5, 0.6) is 0 Å². The van der Waals surface area contributed by atoms with Crippen molar-refractivity contribution in [2.24, 2.45) is 5.73 Å². The number of aliphatic hydroxyl groups excluding tert-OH is 1. The fourth-order valence-electron chi connectivity index (χ4n) is 1.35. The molecule has 19 heavy (non-hydrogen) atoms.